The third-order valence-corrected chi connectivity index (χ3v) is 3.33. The summed E-state index contributed by atoms with van der Waals surface area (Å²) in [7, 11) is 0. The molecule has 4 heteroatoms. The van der Waals surface area contributed by atoms with Crippen molar-refractivity contribution in [2.45, 2.75) is 25.1 Å². The van der Waals surface area contributed by atoms with Crippen molar-refractivity contribution >= 4 is 0 Å². The van der Waals surface area contributed by atoms with Crippen LogP contribution in [0.1, 0.15) is 23.8 Å². The topological polar surface area (TPSA) is 49.9 Å². The number of benzene rings is 1. The van der Waals surface area contributed by atoms with Crippen molar-refractivity contribution in [3.63, 3.8) is 0 Å². The number of nitrogens with one attached hydrogen (secondary N) is 2. The number of nitrogens with zero attached hydrogens (tertiary/aromatic N) is 1. The van der Waals surface area contributed by atoms with Gasteiger partial charge in [-0.05, 0) is 18.1 Å². The molecule has 0 aliphatic carbocycles. The van der Waals surface area contributed by atoms with E-state index in [-0.39, 0.29) is 6.10 Å². The fourth-order valence-electron chi connectivity index (χ4n) is 2.39. The summed E-state index contributed by atoms with van der Waals surface area (Å²) < 4.78 is 5.83. The van der Waals surface area contributed by atoms with E-state index >= 15 is 0 Å². The maximum Gasteiger partial charge on any atom is 0.0978 e. The largest absolute Gasteiger partial charge is 0.372 e. The van der Waals surface area contributed by atoms with Crippen LogP contribution in [0.25, 0.3) is 0 Å². The molecule has 2 atom stereocenters. The summed E-state index contributed by atoms with van der Waals surface area (Å²) in [5, 5.41) is 10.4. The van der Waals surface area contributed by atoms with Gasteiger partial charge < -0.3 is 10.1 Å². The lowest BCUT2D eigenvalue weighted by Crippen LogP contribution is -2.31. The molecule has 2 N–H and O–H groups in total. The summed E-state index contributed by atoms with van der Waals surface area (Å²) >= 11 is 0. The molecule has 1 saturated heterocycles. The molecule has 0 spiro atoms. The van der Waals surface area contributed by atoms with Crippen LogP contribution in [-0.4, -0.2) is 22.8 Å². The van der Waals surface area contributed by atoms with E-state index in [1.54, 1.807) is 6.20 Å². The molecule has 0 amide bonds. The number of aromatic amines is 1. The third-order valence-electron chi connectivity index (χ3n) is 3.33. The molecule has 1 aromatic heterocycles. The molecule has 0 unspecified atom stereocenters. The molecular weight excluding hydrogens is 226 g/mol. The highest BCUT2D eigenvalue weighted by molar-refractivity contribution is 5.20. The van der Waals surface area contributed by atoms with E-state index in [2.05, 4.69) is 39.8 Å². The van der Waals surface area contributed by atoms with Gasteiger partial charge in [0.2, 0.25) is 0 Å². The Morgan fingerprint density at radius 2 is 2.17 bits per heavy atom. The fourth-order valence-corrected chi connectivity index (χ4v) is 2.39. The molecule has 0 saturated carbocycles. The van der Waals surface area contributed by atoms with Crippen molar-refractivity contribution in [2.75, 3.05) is 6.61 Å². The molecular formula is C14H17N3O. The molecule has 1 aliphatic rings. The van der Waals surface area contributed by atoms with Gasteiger partial charge in [0.1, 0.15) is 0 Å². The Hall–Kier alpha value is -1.65. The van der Waals surface area contributed by atoms with Gasteiger partial charge in [0.05, 0.1) is 6.10 Å². The Bertz CT molecular complexity index is 469. The van der Waals surface area contributed by atoms with Crippen molar-refractivity contribution in [1.29, 1.82) is 0 Å². The second-order valence-corrected chi connectivity index (χ2v) is 4.56. The van der Waals surface area contributed by atoms with Crippen LogP contribution in [0.3, 0.4) is 0 Å². The lowest BCUT2D eigenvalue weighted by molar-refractivity contribution is 0.0984. The smallest absolute Gasteiger partial charge is 0.0978 e. The van der Waals surface area contributed by atoms with Crippen LogP contribution in [0.2, 0.25) is 0 Å². The Labute approximate surface area is 106 Å². The standard InChI is InChI=1S/C14H17N3O/c1-2-4-11(5-3-1)14-13(7-9-18-14)15-10-12-6-8-16-17-12/h1-6,8,13-15H,7,9-10H2,(H,16,17)/t13-,14+/m1/s1. The molecule has 2 heterocycles. The Balaban J connectivity index is 1.65. The summed E-state index contributed by atoms with van der Waals surface area (Å²) in [5.74, 6) is 0. The molecule has 3 rings (SSSR count). The van der Waals surface area contributed by atoms with Crippen LogP contribution in [0, 0.1) is 0 Å². The second-order valence-electron chi connectivity index (χ2n) is 4.56. The summed E-state index contributed by atoms with van der Waals surface area (Å²) in [4.78, 5) is 0. The first-order valence-electron chi connectivity index (χ1n) is 6.31. The third kappa shape index (κ3) is 2.44. The van der Waals surface area contributed by atoms with E-state index < -0.39 is 0 Å². The highest BCUT2D eigenvalue weighted by Gasteiger charge is 2.28. The summed E-state index contributed by atoms with van der Waals surface area (Å²) in [6.07, 6.45) is 2.99. The van der Waals surface area contributed by atoms with Crippen LogP contribution < -0.4 is 5.32 Å². The molecule has 18 heavy (non-hydrogen) atoms. The first kappa shape index (κ1) is 11.4. The molecule has 2 aromatic rings. The maximum atomic E-state index is 5.83. The Kier molecular flexibility index (Phi) is 3.39. The number of hydrogen-bond donors (Lipinski definition) is 2. The number of ether oxygens (including phenoxy) is 1. The summed E-state index contributed by atoms with van der Waals surface area (Å²) in [6.45, 7) is 1.62. The molecule has 0 bridgehead atoms. The Morgan fingerprint density at radius 3 is 2.94 bits per heavy atom. The van der Waals surface area contributed by atoms with Gasteiger partial charge in [-0.15, -0.1) is 0 Å². The zero-order chi connectivity index (χ0) is 12.2. The van der Waals surface area contributed by atoms with Crippen LogP contribution >= 0.6 is 0 Å². The predicted molar refractivity (Wildman–Crippen MR) is 69.0 cm³/mol. The van der Waals surface area contributed by atoms with Crippen molar-refractivity contribution in [3.8, 4) is 0 Å². The van der Waals surface area contributed by atoms with Crippen LogP contribution in [-0.2, 0) is 11.3 Å². The SMILES string of the molecule is c1ccc([C@@H]2OCC[C@H]2NCc2ccn[nH]2)cc1. The zero-order valence-electron chi connectivity index (χ0n) is 10.2. The molecule has 4 nitrogen and oxygen atoms in total. The summed E-state index contributed by atoms with van der Waals surface area (Å²) in [6, 6.07) is 12.8. The minimum atomic E-state index is 0.161. The lowest BCUT2D eigenvalue weighted by atomic mass is 10.0. The van der Waals surface area contributed by atoms with Crippen LogP contribution in [0.5, 0.6) is 0 Å². The van der Waals surface area contributed by atoms with Gasteiger partial charge in [-0.1, -0.05) is 30.3 Å². The van der Waals surface area contributed by atoms with E-state index in [0.29, 0.717) is 6.04 Å². The first-order valence-corrected chi connectivity index (χ1v) is 6.31. The highest BCUT2D eigenvalue weighted by atomic mass is 16.5. The second kappa shape index (κ2) is 5.33. The number of H-pyrrole nitrogens is 1. The fraction of sp³-hybridized carbons (Fsp3) is 0.357. The van der Waals surface area contributed by atoms with Crippen molar-refractivity contribution in [1.82, 2.24) is 15.5 Å². The van der Waals surface area contributed by atoms with E-state index in [0.717, 1.165) is 25.3 Å². The van der Waals surface area contributed by atoms with Gasteiger partial charge in [0, 0.05) is 31.1 Å². The van der Waals surface area contributed by atoms with Gasteiger partial charge in [-0.3, -0.25) is 5.10 Å². The first-order chi connectivity index (χ1) is 8.93. The Morgan fingerprint density at radius 1 is 1.28 bits per heavy atom. The number of rotatable bonds is 4. The van der Waals surface area contributed by atoms with Crippen molar-refractivity contribution < 1.29 is 4.74 Å². The molecule has 0 radical (unpaired) electrons. The maximum absolute atomic E-state index is 5.83. The highest BCUT2D eigenvalue weighted by Crippen LogP contribution is 2.28. The minimum Gasteiger partial charge on any atom is -0.372 e. The number of hydrogen-bond acceptors (Lipinski definition) is 3. The van der Waals surface area contributed by atoms with Crippen molar-refractivity contribution in [3.05, 3.63) is 53.9 Å². The monoisotopic (exact) mass is 243 g/mol. The van der Waals surface area contributed by atoms with Crippen LogP contribution in [0.15, 0.2) is 42.6 Å². The van der Waals surface area contributed by atoms with Gasteiger partial charge in [0.25, 0.3) is 0 Å². The minimum absolute atomic E-state index is 0.161. The molecule has 1 aliphatic heterocycles. The van der Waals surface area contributed by atoms with E-state index in [1.807, 2.05) is 12.1 Å². The van der Waals surface area contributed by atoms with Crippen LogP contribution in [0.4, 0.5) is 0 Å². The summed E-state index contributed by atoms with van der Waals surface area (Å²) in [5.41, 5.74) is 2.35. The van der Waals surface area contributed by atoms with Crippen molar-refractivity contribution in [2.24, 2.45) is 0 Å². The van der Waals surface area contributed by atoms with E-state index in [4.69, 9.17) is 4.74 Å². The zero-order valence-corrected chi connectivity index (χ0v) is 10.2. The normalized spacial score (nSPS) is 23.3. The molecule has 94 valence electrons. The number of aromatic nitrogens is 2. The van der Waals surface area contributed by atoms with Gasteiger partial charge in [0.15, 0.2) is 0 Å². The van der Waals surface area contributed by atoms with E-state index in [9.17, 15) is 0 Å². The quantitative estimate of drug-likeness (QED) is 0.864. The van der Waals surface area contributed by atoms with Gasteiger partial charge in [-0.25, -0.2) is 0 Å². The predicted octanol–water partition coefficient (Wildman–Crippen LogP) is 2.03. The van der Waals surface area contributed by atoms with Gasteiger partial charge in [-0.2, -0.15) is 5.10 Å². The molecule has 1 fully saturated rings. The van der Waals surface area contributed by atoms with E-state index in [1.165, 1.54) is 5.56 Å². The van der Waals surface area contributed by atoms with Gasteiger partial charge >= 0.3 is 0 Å². The average Bonchev–Trinajstić information content (AvgIpc) is 3.09. The lowest BCUT2D eigenvalue weighted by Gasteiger charge is -2.19. The average molecular weight is 243 g/mol. The molecule has 1 aromatic carbocycles.